The van der Waals surface area contributed by atoms with Crippen LogP contribution in [0.25, 0.3) is 22.3 Å². The van der Waals surface area contributed by atoms with Crippen molar-refractivity contribution in [3.8, 4) is 17.1 Å². The van der Waals surface area contributed by atoms with E-state index in [9.17, 15) is 9.18 Å². The Morgan fingerprint density at radius 1 is 0.943 bits per heavy atom. The van der Waals surface area contributed by atoms with Gasteiger partial charge in [-0.15, -0.1) is 0 Å². The lowest BCUT2D eigenvalue weighted by molar-refractivity contribution is 0.298. The van der Waals surface area contributed by atoms with Crippen molar-refractivity contribution in [1.82, 2.24) is 9.66 Å². The summed E-state index contributed by atoms with van der Waals surface area (Å²) >= 11 is 3.50. The van der Waals surface area contributed by atoms with Crippen LogP contribution in [0.15, 0.2) is 111 Å². The van der Waals surface area contributed by atoms with Crippen LogP contribution in [0.2, 0.25) is 0 Å². The van der Waals surface area contributed by atoms with Crippen molar-refractivity contribution in [3.63, 3.8) is 0 Å². The van der Waals surface area contributed by atoms with Gasteiger partial charge in [0, 0.05) is 11.1 Å². The lowest BCUT2D eigenvalue weighted by atomic mass is 10.2. The second-order valence-electron chi connectivity index (χ2n) is 7.75. The summed E-state index contributed by atoms with van der Waals surface area (Å²) in [6.07, 6.45) is 1.59. The molecule has 0 N–H and O–H groups in total. The second kappa shape index (κ2) is 10.0. The number of rotatable bonds is 6. The summed E-state index contributed by atoms with van der Waals surface area (Å²) in [7, 11) is 0. The van der Waals surface area contributed by atoms with E-state index in [1.807, 2.05) is 54.6 Å². The number of nitrogens with zero attached hydrogens (tertiary/aromatic N) is 3. The summed E-state index contributed by atoms with van der Waals surface area (Å²) in [6, 6.07) is 28.6. The van der Waals surface area contributed by atoms with Gasteiger partial charge in [0.1, 0.15) is 18.2 Å². The molecule has 35 heavy (non-hydrogen) atoms. The molecule has 1 aromatic heterocycles. The Balaban J connectivity index is 1.46. The Morgan fingerprint density at radius 2 is 1.69 bits per heavy atom. The van der Waals surface area contributed by atoms with Crippen LogP contribution in [0.5, 0.6) is 5.75 Å². The van der Waals surface area contributed by atoms with Gasteiger partial charge in [0.2, 0.25) is 0 Å². The molecule has 0 spiro atoms. The van der Waals surface area contributed by atoms with Crippen molar-refractivity contribution in [2.45, 2.75) is 6.61 Å². The van der Waals surface area contributed by atoms with E-state index in [2.05, 4.69) is 21.0 Å². The predicted octanol–water partition coefficient (Wildman–Crippen LogP) is 6.43. The van der Waals surface area contributed by atoms with E-state index >= 15 is 0 Å². The van der Waals surface area contributed by atoms with E-state index in [4.69, 9.17) is 9.72 Å². The van der Waals surface area contributed by atoms with Gasteiger partial charge >= 0.3 is 0 Å². The first-order valence-corrected chi connectivity index (χ1v) is 11.7. The van der Waals surface area contributed by atoms with Gasteiger partial charge in [-0.2, -0.15) is 9.78 Å². The zero-order valence-corrected chi connectivity index (χ0v) is 20.0. The number of fused-ring (bicyclic) bond motifs is 1. The number of ether oxygens (including phenoxy) is 1. The molecule has 0 aliphatic heterocycles. The zero-order chi connectivity index (χ0) is 24.2. The Hall–Kier alpha value is -4.10. The molecule has 5 rings (SSSR count). The van der Waals surface area contributed by atoms with Gasteiger partial charge < -0.3 is 4.74 Å². The van der Waals surface area contributed by atoms with Gasteiger partial charge in [-0.3, -0.25) is 4.79 Å². The lowest BCUT2D eigenvalue weighted by Crippen LogP contribution is -2.20. The average molecular weight is 528 g/mol. The average Bonchev–Trinajstić information content (AvgIpc) is 2.89. The highest BCUT2D eigenvalue weighted by molar-refractivity contribution is 9.10. The fraction of sp³-hybridized carbons (Fsp3) is 0.0357. The van der Waals surface area contributed by atoms with Crippen molar-refractivity contribution in [3.05, 3.63) is 129 Å². The third-order valence-electron chi connectivity index (χ3n) is 5.41. The largest absolute Gasteiger partial charge is 0.488 e. The molecule has 0 bridgehead atoms. The summed E-state index contributed by atoms with van der Waals surface area (Å²) in [6.45, 7) is 0.108. The summed E-state index contributed by atoms with van der Waals surface area (Å²) in [4.78, 5) is 18.0. The van der Waals surface area contributed by atoms with E-state index in [-0.39, 0.29) is 18.0 Å². The molecule has 0 saturated heterocycles. The summed E-state index contributed by atoms with van der Waals surface area (Å²) < 4.78 is 21.6. The summed E-state index contributed by atoms with van der Waals surface area (Å²) in [5, 5.41) is 4.97. The quantitative estimate of drug-likeness (QED) is 0.239. The van der Waals surface area contributed by atoms with E-state index in [1.165, 1.54) is 10.7 Å². The molecule has 0 aliphatic rings. The molecule has 0 saturated carbocycles. The molecule has 1 heterocycles. The number of benzene rings is 4. The number of halogens is 2. The molecule has 0 unspecified atom stereocenters. The second-order valence-corrected chi connectivity index (χ2v) is 8.60. The molecule has 0 atom stereocenters. The maximum atomic E-state index is 13.9. The fourth-order valence-corrected chi connectivity index (χ4v) is 4.13. The Labute approximate surface area is 209 Å². The first-order chi connectivity index (χ1) is 17.1. The monoisotopic (exact) mass is 527 g/mol. The Morgan fingerprint density at radius 3 is 2.49 bits per heavy atom. The van der Waals surface area contributed by atoms with Crippen molar-refractivity contribution in [2.75, 3.05) is 0 Å². The van der Waals surface area contributed by atoms with Gasteiger partial charge in [-0.25, -0.2) is 9.37 Å². The molecule has 0 amide bonds. The molecule has 172 valence electrons. The third kappa shape index (κ3) is 4.90. The number of para-hydroxylation sites is 1. The SMILES string of the molecule is O=c1c2ccccc2nc(-c2ccccc2)n1N=Cc1ccc(OCc2ccccc2F)c(Br)c1. The van der Waals surface area contributed by atoms with Crippen LogP contribution in [-0.2, 0) is 6.61 Å². The Kier molecular flexibility index (Phi) is 6.50. The van der Waals surface area contributed by atoms with Crippen LogP contribution < -0.4 is 10.3 Å². The minimum absolute atomic E-state index is 0.108. The lowest BCUT2D eigenvalue weighted by Gasteiger charge is -2.10. The van der Waals surface area contributed by atoms with Crippen molar-refractivity contribution in [1.29, 1.82) is 0 Å². The molecule has 5 aromatic rings. The minimum Gasteiger partial charge on any atom is -0.488 e. The number of hydrogen-bond acceptors (Lipinski definition) is 4. The standard InChI is InChI=1S/C28H19BrFN3O2/c29-23-16-19(14-15-26(23)35-18-21-10-4-6-12-24(21)30)17-31-33-27(20-8-2-1-3-9-20)32-25-13-7-5-11-22(25)28(33)34/h1-17H,18H2. The topological polar surface area (TPSA) is 56.5 Å². The zero-order valence-electron chi connectivity index (χ0n) is 18.4. The van der Waals surface area contributed by atoms with Crippen LogP contribution in [0.1, 0.15) is 11.1 Å². The molecule has 0 fully saturated rings. The molecule has 4 aromatic carbocycles. The maximum absolute atomic E-state index is 13.9. The molecular weight excluding hydrogens is 509 g/mol. The molecule has 0 aliphatic carbocycles. The minimum atomic E-state index is -0.309. The molecular formula is C28H19BrFN3O2. The van der Waals surface area contributed by atoms with Crippen LogP contribution >= 0.6 is 15.9 Å². The molecule has 5 nitrogen and oxygen atoms in total. The normalized spacial score (nSPS) is 11.3. The van der Waals surface area contributed by atoms with Gasteiger partial charge in [0.05, 0.1) is 21.6 Å². The van der Waals surface area contributed by atoms with Crippen LogP contribution in [0.4, 0.5) is 4.39 Å². The highest BCUT2D eigenvalue weighted by atomic mass is 79.9. The Bertz CT molecular complexity index is 1600. The van der Waals surface area contributed by atoms with Crippen molar-refractivity contribution in [2.24, 2.45) is 5.10 Å². The highest BCUT2D eigenvalue weighted by Gasteiger charge is 2.12. The van der Waals surface area contributed by atoms with Gasteiger partial charge in [-0.1, -0.05) is 60.7 Å². The van der Waals surface area contributed by atoms with E-state index in [0.717, 1.165) is 11.1 Å². The maximum Gasteiger partial charge on any atom is 0.282 e. The van der Waals surface area contributed by atoms with E-state index in [1.54, 1.807) is 42.6 Å². The first kappa shape index (κ1) is 22.7. The number of hydrogen-bond donors (Lipinski definition) is 0. The third-order valence-corrected chi connectivity index (χ3v) is 6.02. The number of aromatic nitrogens is 2. The van der Waals surface area contributed by atoms with E-state index < -0.39 is 0 Å². The molecule has 7 heteroatoms. The van der Waals surface area contributed by atoms with Gasteiger partial charge in [-0.05, 0) is 57.9 Å². The van der Waals surface area contributed by atoms with E-state index in [0.29, 0.717) is 32.5 Å². The van der Waals surface area contributed by atoms with Gasteiger partial charge in [0.25, 0.3) is 5.56 Å². The van der Waals surface area contributed by atoms with Crippen molar-refractivity contribution < 1.29 is 9.13 Å². The van der Waals surface area contributed by atoms with Crippen LogP contribution in [-0.4, -0.2) is 15.9 Å². The smallest absolute Gasteiger partial charge is 0.282 e. The fourth-order valence-electron chi connectivity index (χ4n) is 3.61. The highest BCUT2D eigenvalue weighted by Crippen LogP contribution is 2.27. The summed E-state index contributed by atoms with van der Waals surface area (Å²) in [5.74, 6) is 0.713. The van der Waals surface area contributed by atoms with Gasteiger partial charge in [0.15, 0.2) is 5.82 Å². The van der Waals surface area contributed by atoms with Crippen LogP contribution in [0.3, 0.4) is 0 Å². The summed E-state index contributed by atoms with van der Waals surface area (Å²) in [5.41, 5.74) is 2.36. The molecule has 0 radical (unpaired) electrons. The van der Waals surface area contributed by atoms with Crippen molar-refractivity contribution >= 4 is 33.0 Å². The first-order valence-electron chi connectivity index (χ1n) is 10.9. The predicted molar refractivity (Wildman–Crippen MR) is 139 cm³/mol. The van der Waals surface area contributed by atoms with Crippen LogP contribution in [0, 0.1) is 5.82 Å².